The van der Waals surface area contributed by atoms with Crippen molar-refractivity contribution < 1.29 is 22.8 Å². The van der Waals surface area contributed by atoms with Crippen molar-refractivity contribution in [2.75, 3.05) is 13.1 Å². The Labute approximate surface area is 185 Å². The van der Waals surface area contributed by atoms with Crippen LogP contribution in [0.5, 0.6) is 0 Å². The highest BCUT2D eigenvalue weighted by Gasteiger charge is 2.37. The fraction of sp³-hybridized carbons (Fsp3) is 0.480. The number of Topliss-reactive ketones (excluding diaryl/α,β-unsaturated/α-hetero) is 1. The monoisotopic (exact) mass is 444 g/mol. The lowest BCUT2D eigenvalue weighted by atomic mass is 9.76. The van der Waals surface area contributed by atoms with Crippen LogP contribution >= 0.6 is 0 Å². The summed E-state index contributed by atoms with van der Waals surface area (Å²) >= 11 is 0. The van der Waals surface area contributed by atoms with Crippen molar-refractivity contribution in [2.45, 2.75) is 57.0 Å². The van der Waals surface area contributed by atoms with E-state index < -0.39 is 23.4 Å². The summed E-state index contributed by atoms with van der Waals surface area (Å²) in [4.78, 5) is 31.6. The number of carbonyl (C=O) groups excluding carboxylic acids is 2. The summed E-state index contributed by atoms with van der Waals surface area (Å²) in [6.45, 7) is 1.55. The second-order valence-electron chi connectivity index (χ2n) is 8.79. The molecule has 32 heavy (non-hydrogen) atoms. The quantitative estimate of drug-likeness (QED) is 0.553. The van der Waals surface area contributed by atoms with Crippen molar-refractivity contribution in [3.8, 4) is 0 Å². The number of carbonyl (C=O) groups is 2. The Balaban J connectivity index is 1.38. The first-order valence-electron chi connectivity index (χ1n) is 11.3. The van der Waals surface area contributed by atoms with Gasteiger partial charge in [-0.2, -0.15) is 13.2 Å². The smallest absolute Gasteiger partial charge is 0.337 e. The Morgan fingerprint density at radius 2 is 1.59 bits per heavy atom. The fourth-order valence-electron chi connectivity index (χ4n) is 4.89. The van der Waals surface area contributed by atoms with Gasteiger partial charge in [0.1, 0.15) is 5.69 Å². The van der Waals surface area contributed by atoms with Gasteiger partial charge >= 0.3 is 6.18 Å². The Kier molecular flexibility index (Phi) is 6.63. The van der Waals surface area contributed by atoms with Crippen molar-refractivity contribution in [1.82, 2.24) is 9.88 Å². The number of aromatic nitrogens is 1. The summed E-state index contributed by atoms with van der Waals surface area (Å²) in [5.41, 5.74) is 0.376. The lowest BCUT2D eigenvalue weighted by Crippen LogP contribution is -2.36. The molecule has 0 N–H and O–H groups in total. The van der Waals surface area contributed by atoms with Crippen LogP contribution in [-0.4, -0.2) is 34.7 Å². The molecule has 0 atom stereocenters. The maximum absolute atomic E-state index is 13.3. The second kappa shape index (κ2) is 9.43. The van der Waals surface area contributed by atoms with E-state index in [0.717, 1.165) is 44.0 Å². The summed E-state index contributed by atoms with van der Waals surface area (Å²) in [5, 5.41) is 0. The van der Waals surface area contributed by atoms with E-state index in [4.69, 9.17) is 0 Å². The number of rotatable bonds is 4. The van der Waals surface area contributed by atoms with Crippen molar-refractivity contribution >= 4 is 11.7 Å². The molecule has 1 aromatic heterocycles. The van der Waals surface area contributed by atoms with E-state index in [1.165, 1.54) is 18.2 Å². The topological polar surface area (TPSA) is 50.3 Å². The molecule has 2 fully saturated rings. The van der Waals surface area contributed by atoms with Gasteiger partial charge in [-0.1, -0.05) is 24.3 Å². The average molecular weight is 444 g/mol. The van der Waals surface area contributed by atoms with Crippen LogP contribution in [0, 0.1) is 5.92 Å². The zero-order valence-corrected chi connectivity index (χ0v) is 17.9. The van der Waals surface area contributed by atoms with E-state index in [-0.39, 0.29) is 17.4 Å². The lowest BCUT2D eigenvalue weighted by molar-refractivity contribution is -0.138. The van der Waals surface area contributed by atoms with Gasteiger partial charge in [0, 0.05) is 30.8 Å². The van der Waals surface area contributed by atoms with E-state index in [0.29, 0.717) is 31.4 Å². The molecule has 1 aliphatic carbocycles. The Morgan fingerprint density at radius 3 is 2.22 bits per heavy atom. The summed E-state index contributed by atoms with van der Waals surface area (Å²) in [5.74, 6) is -0.655. The highest BCUT2D eigenvalue weighted by molar-refractivity contribution is 5.99. The molecule has 1 amide bonds. The Hall–Kier alpha value is -2.70. The van der Waals surface area contributed by atoms with Gasteiger partial charge in [-0.25, -0.2) is 0 Å². The molecule has 0 bridgehead atoms. The first-order chi connectivity index (χ1) is 15.3. The number of piperidine rings is 1. The van der Waals surface area contributed by atoms with E-state index in [9.17, 15) is 22.8 Å². The van der Waals surface area contributed by atoms with Crippen LogP contribution < -0.4 is 0 Å². The molecule has 0 spiro atoms. The van der Waals surface area contributed by atoms with Gasteiger partial charge in [0.25, 0.3) is 5.91 Å². The third-order valence-corrected chi connectivity index (χ3v) is 6.72. The van der Waals surface area contributed by atoms with Gasteiger partial charge in [-0.05, 0) is 68.6 Å². The van der Waals surface area contributed by atoms with Crippen molar-refractivity contribution in [2.24, 2.45) is 5.92 Å². The molecule has 2 heterocycles. The number of hydrogen-bond acceptors (Lipinski definition) is 3. The molecule has 0 unspecified atom stereocenters. The molecule has 1 saturated heterocycles. The third-order valence-electron chi connectivity index (χ3n) is 6.72. The molecule has 1 aromatic carbocycles. The highest BCUT2D eigenvalue weighted by Crippen LogP contribution is 2.39. The number of nitrogens with zero attached hydrogens (tertiary/aromatic N) is 2. The van der Waals surface area contributed by atoms with E-state index in [1.807, 2.05) is 11.0 Å². The minimum Gasteiger partial charge on any atom is -0.337 e. The van der Waals surface area contributed by atoms with Crippen LogP contribution in [0.3, 0.4) is 0 Å². The summed E-state index contributed by atoms with van der Waals surface area (Å²) in [6.07, 6.45) is 2.93. The Bertz CT molecular complexity index is 958. The molecular formula is C25H27F3N2O2. The largest absolute Gasteiger partial charge is 0.417 e. The molecule has 0 radical (unpaired) electrons. The second-order valence-corrected chi connectivity index (χ2v) is 8.79. The van der Waals surface area contributed by atoms with Crippen LogP contribution in [-0.2, 0) is 6.18 Å². The molecule has 1 saturated carbocycles. The number of ketones is 1. The fourth-order valence-corrected chi connectivity index (χ4v) is 4.89. The summed E-state index contributed by atoms with van der Waals surface area (Å²) in [7, 11) is 0. The standard InChI is InChI=1S/C25H27F3N2O2/c26-25(27,28)21-7-3-2-6-20(21)23(31)18-10-8-17(9-11-18)19-12-13-22(29-16-19)24(32)30-14-4-1-5-15-30/h2-3,6-7,12-13,16-18H,1,4-5,8-11,14-15H2. The van der Waals surface area contributed by atoms with Crippen molar-refractivity contribution in [1.29, 1.82) is 0 Å². The maximum atomic E-state index is 13.3. The van der Waals surface area contributed by atoms with Crippen molar-refractivity contribution in [3.63, 3.8) is 0 Å². The zero-order chi connectivity index (χ0) is 22.7. The van der Waals surface area contributed by atoms with Crippen LogP contribution in [0.1, 0.15) is 82.8 Å². The molecule has 170 valence electrons. The molecule has 2 aromatic rings. The predicted molar refractivity (Wildman–Crippen MR) is 114 cm³/mol. The van der Waals surface area contributed by atoms with E-state index in [1.54, 1.807) is 12.3 Å². The van der Waals surface area contributed by atoms with Crippen LogP contribution in [0.4, 0.5) is 13.2 Å². The third kappa shape index (κ3) is 4.87. The number of alkyl halides is 3. The van der Waals surface area contributed by atoms with Gasteiger partial charge in [0.05, 0.1) is 5.56 Å². The predicted octanol–water partition coefficient (Wildman–Crippen LogP) is 5.88. The van der Waals surface area contributed by atoms with Crippen LogP contribution in [0.2, 0.25) is 0 Å². The lowest BCUT2D eigenvalue weighted by Gasteiger charge is -2.29. The minimum absolute atomic E-state index is 0.0334. The number of hydrogen-bond donors (Lipinski definition) is 0. The first kappa shape index (κ1) is 22.5. The number of amides is 1. The molecular weight excluding hydrogens is 417 g/mol. The molecule has 7 heteroatoms. The molecule has 2 aliphatic rings. The van der Waals surface area contributed by atoms with Crippen LogP contribution in [0.15, 0.2) is 42.6 Å². The molecule has 1 aliphatic heterocycles. The maximum Gasteiger partial charge on any atom is 0.417 e. The van der Waals surface area contributed by atoms with Crippen molar-refractivity contribution in [3.05, 3.63) is 65.0 Å². The van der Waals surface area contributed by atoms with E-state index in [2.05, 4.69) is 4.98 Å². The van der Waals surface area contributed by atoms with Gasteiger partial charge in [0.2, 0.25) is 0 Å². The first-order valence-corrected chi connectivity index (χ1v) is 11.3. The molecule has 4 nitrogen and oxygen atoms in total. The van der Waals surface area contributed by atoms with E-state index >= 15 is 0 Å². The van der Waals surface area contributed by atoms with Gasteiger partial charge in [-0.3, -0.25) is 14.6 Å². The minimum atomic E-state index is -4.54. The summed E-state index contributed by atoms with van der Waals surface area (Å²) < 4.78 is 39.8. The van der Waals surface area contributed by atoms with Crippen LogP contribution in [0.25, 0.3) is 0 Å². The number of halogens is 3. The average Bonchev–Trinajstić information content (AvgIpc) is 2.83. The summed E-state index contributed by atoms with van der Waals surface area (Å²) in [6, 6.07) is 8.73. The number of pyridine rings is 1. The van der Waals surface area contributed by atoms with Gasteiger partial charge in [-0.15, -0.1) is 0 Å². The normalized spacial score (nSPS) is 21.9. The Morgan fingerprint density at radius 1 is 0.906 bits per heavy atom. The molecule has 4 rings (SSSR count). The zero-order valence-electron chi connectivity index (χ0n) is 17.9. The highest BCUT2D eigenvalue weighted by atomic mass is 19.4. The van der Waals surface area contributed by atoms with Gasteiger partial charge < -0.3 is 4.90 Å². The van der Waals surface area contributed by atoms with Gasteiger partial charge in [0.15, 0.2) is 5.78 Å². The SMILES string of the molecule is O=C(c1ccccc1C(F)(F)F)C1CCC(c2ccc(C(=O)N3CCCCC3)nc2)CC1. The number of benzene rings is 1. The number of likely N-dealkylation sites (tertiary alicyclic amines) is 1.